The van der Waals surface area contributed by atoms with E-state index < -0.39 is 5.92 Å². The molecule has 9 heteroatoms. The third-order valence-corrected chi connectivity index (χ3v) is 5.36. The number of nitrogens with zero attached hydrogens (tertiary/aromatic N) is 3. The van der Waals surface area contributed by atoms with Gasteiger partial charge in [0.2, 0.25) is 17.7 Å². The Bertz CT molecular complexity index is 932. The summed E-state index contributed by atoms with van der Waals surface area (Å²) in [6.45, 7) is 7.36. The molecule has 0 aliphatic carbocycles. The Morgan fingerprint density at radius 2 is 1.97 bits per heavy atom. The molecule has 9 nitrogen and oxygen atoms in total. The van der Waals surface area contributed by atoms with Gasteiger partial charge in [-0.3, -0.25) is 24.4 Å². The molecule has 2 aliphatic heterocycles. The van der Waals surface area contributed by atoms with Gasteiger partial charge in [-0.25, -0.2) is 0 Å². The smallest absolute Gasteiger partial charge is 0.241 e. The first-order valence-corrected chi connectivity index (χ1v) is 10.6. The third kappa shape index (κ3) is 4.62. The number of rotatable bonds is 4. The molecule has 0 saturated carbocycles. The number of fused-ring (bicyclic) bond motifs is 1. The fraction of sp³-hybridized carbons (Fsp3) is 0.524. The van der Waals surface area contributed by atoms with E-state index in [0.29, 0.717) is 18.5 Å². The first-order chi connectivity index (χ1) is 14.5. The molecule has 1 aromatic heterocycles. The first-order valence-electron chi connectivity index (χ1n) is 10.6. The van der Waals surface area contributed by atoms with Crippen molar-refractivity contribution in [3.8, 4) is 0 Å². The topological polar surface area (TPSA) is 108 Å². The zero-order chi connectivity index (χ0) is 21.7. The molecule has 4 rings (SSSR count). The second-order valence-electron chi connectivity index (χ2n) is 7.23. The normalized spacial score (nSPS) is 19.2. The molecule has 0 bridgehead atoms. The highest BCUT2D eigenvalue weighted by atomic mass is 16.2. The van der Waals surface area contributed by atoms with Crippen LogP contribution in [0.5, 0.6) is 0 Å². The van der Waals surface area contributed by atoms with E-state index in [1.165, 1.54) is 0 Å². The number of carbonyl (C=O) groups excluding carboxylic acids is 3. The molecule has 2 saturated heterocycles. The first kappa shape index (κ1) is 21.8. The van der Waals surface area contributed by atoms with Crippen LogP contribution in [0.15, 0.2) is 18.2 Å². The lowest BCUT2D eigenvalue weighted by Crippen LogP contribution is -2.48. The zero-order valence-corrected chi connectivity index (χ0v) is 17.8. The zero-order valence-electron chi connectivity index (χ0n) is 17.8. The Morgan fingerprint density at radius 3 is 2.67 bits per heavy atom. The van der Waals surface area contributed by atoms with Crippen LogP contribution in [0.2, 0.25) is 0 Å². The summed E-state index contributed by atoms with van der Waals surface area (Å²) in [5.74, 6) is -0.868. The van der Waals surface area contributed by atoms with Crippen LogP contribution in [0, 0.1) is 0 Å². The number of anilines is 1. The highest BCUT2D eigenvalue weighted by Gasteiger charge is 2.31. The van der Waals surface area contributed by atoms with Gasteiger partial charge in [-0.15, -0.1) is 0 Å². The number of aromatic nitrogens is 2. The van der Waals surface area contributed by atoms with Crippen LogP contribution in [0.25, 0.3) is 10.9 Å². The molecule has 1 unspecified atom stereocenters. The van der Waals surface area contributed by atoms with Crippen molar-refractivity contribution in [3.05, 3.63) is 23.9 Å². The Morgan fingerprint density at radius 1 is 1.23 bits per heavy atom. The fourth-order valence-corrected chi connectivity index (χ4v) is 3.81. The maximum atomic E-state index is 12.3. The summed E-state index contributed by atoms with van der Waals surface area (Å²) in [5.41, 5.74) is 2.39. The monoisotopic (exact) mass is 414 g/mol. The molecule has 3 N–H and O–H groups in total. The number of hydrogen-bond donors (Lipinski definition) is 3. The van der Waals surface area contributed by atoms with Crippen LogP contribution in [0.4, 0.5) is 5.69 Å². The van der Waals surface area contributed by atoms with E-state index in [0.717, 1.165) is 42.8 Å². The molecule has 0 radical (unpaired) electrons. The van der Waals surface area contributed by atoms with Gasteiger partial charge in [0, 0.05) is 50.7 Å². The number of hydrogen-bond acceptors (Lipinski definition) is 6. The maximum Gasteiger partial charge on any atom is 0.241 e. The Kier molecular flexibility index (Phi) is 7.04. The molecule has 0 spiro atoms. The van der Waals surface area contributed by atoms with Crippen molar-refractivity contribution in [2.75, 3.05) is 38.0 Å². The largest absolute Gasteiger partial charge is 0.376 e. The summed E-state index contributed by atoms with van der Waals surface area (Å²) in [6.07, 6.45) is 0.790. The number of benzene rings is 1. The summed E-state index contributed by atoms with van der Waals surface area (Å²) < 4.78 is 1.73. The second-order valence-corrected chi connectivity index (χ2v) is 7.23. The maximum absolute atomic E-state index is 12.3. The van der Waals surface area contributed by atoms with E-state index in [4.69, 9.17) is 0 Å². The Hall–Kier alpha value is -2.94. The van der Waals surface area contributed by atoms with Crippen molar-refractivity contribution in [3.63, 3.8) is 0 Å². The van der Waals surface area contributed by atoms with Crippen molar-refractivity contribution < 1.29 is 14.4 Å². The fourth-order valence-electron chi connectivity index (χ4n) is 3.81. The number of carbonyl (C=O) groups is 3. The average molecular weight is 415 g/mol. The van der Waals surface area contributed by atoms with Crippen LogP contribution in [-0.2, 0) is 21.4 Å². The molecular weight excluding hydrogens is 384 g/mol. The molecule has 1 aromatic carbocycles. The van der Waals surface area contributed by atoms with Crippen LogP contribution in [0.1, 0.15) is 38.3 Å². The van der Waals surface area contributed by atoms with Crippen molar-refractivity contribution in [2.24, 2.45) is 7.05 Å². The van der Waals surface area contributed by atoms with Gasteiger partial charge in [-0.2, -0.15) is 5.10 Å². The van der Waals surface area contributed by atoms with Crippen LogP contribution >= 0.6 is 0 Å². The second kappa shape index (κ2) is 9.71. The summed E-state index contributed by atoms with van der Waals surface area (Å²) in [7, 11) is 1.83. The van der Waals surface area contributed by atoms with Crippen LogP contribution in [0.3, 0.4) is 0 Å². The molecule has 162 valence electrons. The van der Waals surface area contributed by atoms with Crippen molar-refractivity contribution in [1.82, 2.24) is 25.3 Å². The lowest BCUT2D eigenvalue weighted by atomic mass is 9.93. The number of piperazine rings is 1. The van der Waals surface area contributed by atoms with Gasteiger partial charge in [-0.05, 0) is 24.6 Å². The van der Waals surface area contributed by atoms with Crippen molar-refractivity contribution in [2.45, 2.75) is 32.6 Å². The van der Waals surface area contributed by atoms with Gasteiger partial charge < -0.3 is 15.5 Å². The highest BCUT2D eigenvalue weighted by molar-refractivity contribution is 6.02. The van der Waals surface area contributed by atoms with E-state index in [1.807, 2.05) is 44.0 Å². The number of nitrogens with one attached hydrogen (secondary N) is 3. The minimum atomic E-state index is -0.422. The molecule has 30 heavy (non-hydrogen) atoms. The summed E-state index contributed by atoms with van der Waals surface area (Å²) in [4.78, 5) is 37.8. The molecular formula is C21H30N6O3. The molecule has 2 aliphatic rings. The lowest BCUT2D eigenvalue weighted by molar-refractivity contribution is -0.134. The van der Waals surface area contributed by atoms with E-state index in [2.05, 4.69) is 21.0 Å². The Labute approximate surface area is 176 Å². The van der Waals surface area contributed by atoms with Gasteiger partial charge >= 0.3 is 0 Å². The molecule has 2 aromatic rings. The standard InChI is InChI=1S/C19H24N6O3.C2H6/c1-24-15-10-12(21-11-17(27)25-8-6-20-7-9-25)2-3-13(15)18(23-24)14-4-5-16(26)22-19(14)28;1-2/h2-3,10,14,20-21H,4-9,11H2,1H3,(H,22,26,28);1-2H3. The van der Waals surface area contributed by atoms with Crippen molar-refractivity contribution >= 4 is 34.3 Å². The quantitative estimate of drug-likeness (QED) is 0.643. The predicted octanol–water partition coefficient (Wildman–Crippen LogP) is 0.963. The third-order valence-electron chi connectivity index (χ3n) is 5.36. The van der Waals surface area contributed by atoms with E-state index in [-0.39, 0.29) is 24.3 Å². The number of aryl methyl sites for hydroxylation is 1. The lowest BCUT2D eigenvalue weighted by Gasteiger charge is -2.27. The summed E-state index contributed by atoms with van der Waals surface area (Å²) >= 11 is 0. The van der Waals surface area contributed by atoms with Crippen LogP contribution in [-0.4, -0.2) is 65.1 Å². The summed E-state index contributed by atoms with van der Waals surface area (Å²) in [6, 6.07) is 5.74. The predicted molar refractivity (Wildman–Crippen MR) is 115 cm³/mol. The van der Waals surface area contributed by atoms with Gasteiger partial charge in [0.05, 0.1) is 23.7 Å². The molecule has 3 amide bonds. The van der Waals surface area contributed by atoms with E-state index in [9.17, 15) is 14.4 Å². The number of piperidine rings is 1. The molecule has 2 fully saturated rings. The van der Waals surface area contributed by atoms with E-state index in [1.54, 1.807) is 4.68 Å². The Balaban J connectivity index is 0.00000124. The van der Waals surface area contributed by atoms with E-state index >= 15 is 0 Å². The van der Waals surface area contributed by atoms with Gasteiger partial charge in [0.25, 0.3) is 0 Å². The van der Waals surface area contributed by atoms with Gasteiger partial charge in [0.1, 0.15) is 0 Å². The SMILES string of the molecule is CC.Cn1nc(C2CCC(=O)NC2=O)c2ccc(NCC(=O)N3CCNCC3)cc21. The number of imide groups is 1. The van der Waals surface area contributed by atoms with Gasteiger partial charge in [-0.1, -0.05) is 13.8 Å². The average Bonchev–Trinajstić information content (AvgIpc) is 3.10. The minimum absolute atomic E-state index is 0.0795. The molecule has 3 heterocycles. The highest BCUT2D eigenvalue weighted by Crippen LogP contribution is 2.31. The number of amides is 3. The molecule has 1 atom stereocenters. The van der Waals surface area contributed by atoms with Crippen LogP contribution < -0.4 is 16.0 Å². The minimum Gasteiger partial charge on any atom is -0.376 e. The van der Waals surface area contributed by atoms with Gasteiger partial charge in [0.15, 0.2) is 0 Å². The summed E-state index contributed by atoms with van der Waals surface area (Å²) in [5, 5.41) is 14.2. The van der Waals surface area contributed by atoms with Crippen molar-refractivity contribution in [1.29, 1.82) is 0 Å².